The van der Waals surface area contributed by atoms with Gasteiger partial charge in [0.2, 0.25) is 5.91 Å². The first-order valence-electron chi connectivity index (χ1n) is 8.36. The molecule has 1 atom stereocenters. The maximum absolute atomic E-state index is 13.1. The van der Waals surface area contributed by atoms with E-state index < -0.39 is 0 Å². The van der Waals surface area contributed by atoms with Gasteiger partial charge in [0, 0.05) is 25.3 Å². The van der Waals surface area contributed by atoms with Gasteiger partial charge in [0.05, 0.1) is 6.54 Å². The molecular weight excluding hydrogens is 436 g/mol. The molecule has 3 N–H and O–H groups in total. The predicted octanol–water partition coefficient (Wildman–Crippen LogP) is 2.03. The number of nitrogens with zero attached hydrogens (tertiary/aromatic N) is 2. The summed E-state index contributed by atoms with van der Waals surface area (Å²) in [7, 11) is 1.67. The van der Waals surface area contributed by atoms with Crippen molar-refractivity contribution in [3.8, 4) is 0 Å². The van der Waals surface area contributed by atoms with Crippen LogP contribution in [0.25, 0.3) is 0 Å². The van der Waals surface area contributed by atoms with Crippen LogP contribution in [0.1, 0.15) is 19.8 Å². The Morgan fingerprint density at radius 2 is 2.20 bits per heavy atom. The number of likely N-dealkylation sites (tertiary alicyclic amines) is 1. The molecule has 0 radical (unpaired) electrons. The fourth-order valence-electron chi connectivity index (χ4n) is 2.91. The molecule has 1 heterocycles. The number of carbonyl (C=O) groups excluding carboxylic acids is 1. The Balaban J connectivity index is 0.00000312. The number of nitrogens with one attached hydrogen (secondary N) is 3. The van der Waals surface area contributed by atoms with E-state index in [-0.39, 0.29) is 42.2 Å². The number of benzene rings is 1. The van der Waals surface area contributed by atoms with Gasteiger partial charge in [-0.1, -0.05) is 13.0 Å². The first-order valence-corrected chi connectivity index (χ1v) is 8.36. The molecule has 1 aliphatic heterocycles. The minimum Gasteiger partial charge on any atom is -0.355 e. The summed E-state index contributed by atoms with van der Waals surface area (Å²) in [6, 6.07) is 6.33. The molecule has 1 unspecified atom stereocenters. The van der Waals surface area contributed by atoms with Crippen molar-refractivity contribution in [2.24, 2.45) is 4.99 Å². The maximum Gasteiger partial charge on any atom is 0.243 e. The molecular formula is C17H27FIN5O. The number of carbonyl (C=O) groups is 1. The molecule has 0 aliphatic carbocycles. The SMILES string of the molecule is CCN1CCCC1CNC(=NC)NCC(=O)Nc1cccc(F)c1.I. The highest BCUT2D eigenvalue weighted by atomic mass is 127. The van der Waals surface area contributed by atoms with Crippen molar-refractivity contribution in [2.45, 2.75) is 25.8 Å². The summed E-state index contributed by atoms with van der Waals surface area (Å²) in [5, 5.41) is 8.88. The van der Waals surface area contributed by atoms with Crippen LogP contribution in [0, 0.1) is 5.82 Å². The van der Waals surface area contributed by atoms with Gasteiger partial charge < -0.3 is 16.0 Å². The first kappa shape index (κ1) is 21.6. The molecule has 1 aliphatic rings. The topological polar surface area (TPSA) is 68.8 Å². The van der Waals surface area contributed by atoms with E-state index in [0.717, 1.165) is 19.6 Å². The fourth-order valence-corrected chi connectivity index (χ4v) is 2.91. The van der Waals surface area contributed by atoms with Gasteiger partial charge in [-0.2, -0.15) is 0 Å². The molecule has 25 heavy (non-hydrogen) atoms. The molecule has 0 saturated carbocycles. The van der Waals surface area contributed by atoms with Crippen LogP contribution in [0.4, 0.5) is 10.1 Å². The third kappa shape index (κ3) is 7.15. The highest BCUT2D eigenvalue weighted by molar-refractivity contribution is 14.0. The Morgan fingerprint density at radius 1 is 1.40 bits per heavy atom. The van der Waals surface area contributed by atoms with E-state index in [0.29, 0.717) is 17.7 Å². The third-order valence-electron chi connectivity index (χ3n) is 4.16. The van der Waals surface area contributed by atoms with Gasteiger partial charge in [-0.3, -0.25) is 14.7 Å². The van der Waals surface area contributed by atoms with E-state index >= 15 is 0 Å². The molecule has 0 aromatic heterocycles. The summed E-state index contributed by atoms with van der Waals surface area (Å²) in [5.41, 5.74) is 0.439. The van der Waals surface area contributed by atoms with Crippen LogP contribution in [-0.4, -0.2) is 56.0 Å². The minimum atomic E-state index is -0.379. The fraction of sp³-hybridized carbons (Fsp3) is 0.529. The molecule has 8 heteroatoms. The molecule has 6 nitrogen and oxygen atoms in total. The summed E-state index contributed by atoms with van der Waals surface area (Å²) < 4.78 is 13.1. The normalized spacial score (nSPS) is 17.7. The molecule has 1 fully saturated rings. The lowest BCUT2D eigenvalue weighted by atomic mass is 10.2. The summed E-state index contributed by atoms with van der Waals surface area (Å²) in [6.07, 6.45) is 2.40. The zero-order valence-corrected chi connectivity index (χ0v) is 17.0. The van der Waals surface area contributed by atoms with Crippen molar-refractivity contribution in [2.75, 3.05) is 38.5 Å². The van der Waals surface area contributed by atoms with Crippen LogP contribution in [0.15, 0.2) is 29.3 Å². The molecule has 1 amide bonds. The van der Waals surface area contributed by atoms with Crippen LogP contribution in [0.2, 0.25) is 0 Å². The van der Waals surface area contributed by atoms with Crippen LogP contribution in [0.5, 0.6) is 0 Å². The number of hydrogen-bond donors (Lipinski definition) is 3. The summed E-state index contributed by atoms with van der Waals surface area (Å²) in [4.78, 5) is 18.5. The summed E-state index contributed by atoms with van der Waals surface area (Å²) >= 11 is 0. The van der Waals surface area contributed by atoms with Crippen LogP contribution in [-0.2, 0) is 4.79 Å². The van der Waals surface area contributed by atoms with Crippen molar-refractivity contribution < 1.29 is 9.18 Å². The van der Waals surface area contributed by atoms with Crippen molar-refractivity contribution >= 4 is 41.5 Å². The lowest BCUT2D eigenvalue weighted by Gasteiger charge is -2.23. The Labute approximate surface area is 165 Å². The second-order valence-corrected chi connectivity index (χ2v) is 5.79. The second kappa shape index (κ2) is 11.2. The minimum absolute atomic E-state index is 0. The lowest BCUT2D eigenvalue weighted by molar-refractivity contribution is -0.115. The number of likely N-dealkylation sites (N-methyl/N-ethyl adjacent to an activating group) is 1. The van der Waals surface area contributed by atoms with Crippen LogP contribution < -0.4 is 16.0 Å². The van der Waals surface area contributed by atoms with Gasteiger partial charge in [0.25, 0.3) is 0 Å². The molecule has 1 saturated heterocycles. The summed E-state index contributed by atoms with van der Waals surface area (Å²) in [5.74, 6) is -0.0396. The highest BCUT2D eigenvalue weighted by Gasteiger charge is 2.22. The van der Waals surface area contributed by atoms with E-state index in [4.69, 9.17) is 0 Å². The number of anilines is 1. The molecule has 2 rings (SSSR count). The van der Waals surface area contributed by atoms with Gasteiger partial charge in [0.15, 0.2) is 5.96 Å². The quantitative estimate of drug-likeness (QED) is 0.343. The van der Waals surface area contributed by atoms with Gasteiger partial charge in [-0.25, -0.2) is 4.39 Å². The average Bonchev–Trinajstić information content (AvgIpc) is 3.02. The van der Waals surface area contributed by atoms with Crippen molar-refractivity contribution in [3.63, 3.8) is 0 Å². The van der Waals surface area contributed by atoms with E-state index in [1.165, 1.54) is 25.0 Å². The van der Waals surface area contributed by atoms with Gasteiger partial charge in [-0.15, -0.1) is 24.0 Å². The second-order valence-electron chi connectivity index (χ2n) is 5.79. The van der Waals surface area contributed by atoms with E-state index in [2.05, 4.69) is 32.8 Å². The number of guanidine groups is 1. The molecule has 1 aromatic carbocycles. The summed E-state index contributed by atoms with van der Waals surface area (Å²) in [6.45, 7) is 5.23. The highest BCUT2D eigenvalue weighted by Crippen LogP contribution is 2.15. The van der Waals surface area contributed by atoms with Crippen molar-refractivity contribution in [1.82, 2.24) is 15.5 Å². The monoisotopic (exact) mass is 463 g/mol. The molecule has 0 bridgehead atoms. The molecule has 140 valence electrons. The smallest absolute Gasteiger partial charge is 0.243 e. The molecule has 1 aromatic rings. The number of halogens is 2. The number of hydrogen-bond acceptors (Lipinski definition) is 3. The Morgan fingerprint density at radius 3 is 2.88 bits per heavy atom. The largest absolute Gasteiger partial charge is 0.355 e. The number of rotatable bonds is 6. The standard InChI is InChI=1S/C17H26FN5O.HI/c1-3-23-9-5-8-15(23)11-20-17(19-2)21-12-16(24)22-14-7-4-6-13(18)10-14;/h4,6-7,10,15H,3,5,8-9,11-12H2,1-2H3,(H,22,24)(H2,19,20,21);1H. The zero-order chi connectivity index (χ0) is 17.4. The Kier molecular flexibility index (Phi) is 9.73. The van der Waals surface area contributed by atoms with Gasteiger partial charge in [-0.05, 0) is 44.1 Å². The first-order chi connectivity index (χ1) is 11.6. The van der Waals surface area contributed by atoms with Crippen molar-refractivity contribution in [3.05, 3.63) is 30.1 Å². The van der Waals surface area contributed by atoms with E-state index in [1.54, 1.807) is 19.2 Å². The predicted molar refractivity (Wildman–Crippen MR) is 110 cm³/mol. The maximum atomic E-state index is 13.1. The van der Waals surface area contributed by atoms with E-state index in [9.17, 15) is 9.18 Å². The van der Waals surface area contributed by atoms with Crippen molar-refractivity contribution in [1.29, 1.82) is 0 Å². The van der Waals surface area contributed by atoms with Crippen LogP contribution in [0.3, 0.4) is 0 Å². The molecule has 0 spiro atoms. The average molecular weight is 463 g/mol. The third-order valence-corrected chi connectivity index (χ3v) is 4.16. The number of aliphatic imine (C=N–C) groups is 1. The zero-order valence-electron chi connectivity index (χ0n) is 14.7. The van der Waals surface area contributed by atoms with Crippen LogP contribution >= 0.6 is 24.0 Å². The number of amides is 1. The Bertz CT molecular complexity index is 584. The Hall–Kier alpha value is -1.42. The van der Waals surface area contributed by atoms with Gasteiger partial charge >= 0.3 is 0 Å². The lowest BCUT2D eigenvalue weighted by Crippen LogP contribution is -2.46. The van der Waals surface area contributed by atoms with E-state index in [1.807, 2.05) is 0 Å². The van der Waals surface area contributed by atoms with Gasteiger partial charge in [0.1, 0.15) is 5.82 Å².